The van der Waals surface area contributed by atoms with Crippen LogP contribution in [0.1, 0.15) is 44.0 Å². The molecule has 1 aromatic carbocycles. The minimum Gasteiger partial charge on any atom is -0.478 e. The van der Waals surface area contributed by atoms with Gasteiger partial charge in [0.25, 0.3) is 11.8 Å². The smallest absolute Gasteiger partial charge is 0.265 e. The quantitative estimate of drug-likeness (QED) is 0.771. The van der Waals surface area contributed by atoms with Crippen molar-refractivity contribution in [1.29, 1.82) is 0 Å². The average Bonchev–Trinajstić information content (AvgIpc) is 2.53. The van der Waals surface area contributed by atoms with Crippen molar-refractivity contribution in [3.8, 4) is 5.75 Å². The first-order chi connectivity index (χ1) is 10.5. The molecule has 1 unspecified atom stereocenters. The zero-order chi connectivity index (χ0) is 16.3. The lowest BCUT2D eigenvalue weighted by Crippen LogP contribution is -2.53. The summed E-state index contributed by atoms with van der Waals surface area (Å²) in [5.41, 5.74) is 6.33. The van der Waals surface area contributed by atoms with E-state index in [4.69, 9.17) is 10.5 Å². The van der Waals surface area contributed by atoms with E-state index in [1.165, 1.54) is 0 Å². The van der Waals surface area contributed by atoms with Crippen molar-refractivity contribution in [2.75, 3.05) is 11.9 Å². The number of ether oxygens (including phenoxy) is 1. The maximum absolute atomic E-state index is 12.6. The Labute approximate surface area is 130 Å². The third kappa shape index (κ3) is 2.92. The van der Waals surface area contributed by atoms with E-state index in [0.717, 1.165) is 12.8 Å². The van der Waals surface area contributed by atoms with E-state index in [1.807, 2.05) is 13.8 Å². The van der Waals surface area contributed by atoms with E-state index < -0.39 is 11.6 Å². The van der Waals surface area contributed by atoms with Crippen molar-refractivity contribution in [3.63, 3.8) is 0 Å². The minimum atomic E-state index is -0.627. The maximum atomic E-state index is 12.6. The summed E-state index contributed by atoms with van der Waals surface area (Å²) in [5, 5.41) is 5.76. The molecule has 1 aromatic rings. The van der Waals surface area contributed by atoms with Crippen LogP contribution >= 0.6 is 0 Å². The third-order valence-corrected chi connectivity index (χ3v) is 4.30. The molecule has 22 heavy (non-hydrogen) atoms. The molecule has 1 heterocycles. The fourth-order valence-corrected chi connectivity index (χ4v) is 2.48. The summed E-state index contributed by atoms with van der Waals surface area (Å²) in [6, 6.07) is 5.12. The Kier molecular flexibility index (Phi) is 4.71. The molecule has 0 bridgehead atoms. The van der Waals surface area contributed by atoms with Crippen LogP contribution in [0.5, 0.6) is 5.75 Å². The van der Waals surface area contributed by atoms with Crippen LogP contribution in [0.2, 0.25) is 0 Å². The topological polar surface area (TPSA) is 93.4 Å². The van der Waals surface area contributed by atoms with E-state index in [0.29, 0.717) is 23.5 Å². The molecule has 1 aliphatic rings. The lowest BCUT2D eigenvalue weighted by Gasteiger charge is -2.32. The lowest BCUT2D eigenvalue weighted by molar-refractivity contribution is -0.122. The van der Waals surface area contributed by atoms with E-state index in [9.17, 15) is 9.59 Å². The van der Waals surface area contributed by atoms with Gasteiger partial charge in [-0.15, -0.1) is 0 Å². The summed E-state index contributed by atoms with van der Waals surface area (Å²) in [4.78, 5) is 24.3. The predicted octanol–water partition coefficient (Wildman–Crippen LogP) is 1.65. The van der Waals surface area contributed by atoms with Crippen molar-refractivity contribution in [2.24, 2.45) is 5.73 Å². The molecule has 0 aliphatic carbocycles. The van der Waals surface area contributed by atoms with Gasteiger partial charge in [0.2, 0.25) is 0 Å². The molecule has 0 radical (unpaired) electrons. The number of hydrogen-bond donors (Lipinski definition) is 3. The van der Waals surface area contributed by atoms with Crippen LogP contribution < -0.4 is 21.1 Å². The highest BCUT2D eigenvalue weighted by molar-refractivity contribution is 6.04. The second-order valence-electron chi connectivity index (χ2n) is 5.58. The summed E-state index contributed by atoms with van der Waals surface area (Å²) in [7, 11) is 0. The Bertz CT molecular complexity index is 574. The van der Waals surface area contributed by atoms with Crippen LogP contribution in [0.3, 0.4) is 0 Å². The molecule has 6 nitrogen and oxygen atoms in total. The number of para-hydroxylation sites is 1. The normalized spacial score (nSPS) is 17.3. The van der Waals surface area contributed by atoms with Gasteiger partial charge in [-0.25, -0.2) is 0 Å². The highest BCUT2D eigenvalue weighted by Gasteiger charge is 2.31. The average molecular weight is 305 g/mol. The molecule has 2 amide bonds. The molecule has 1 atom stereocenters. The Morgan fingerprint density at radius 2 is 2.09 bits per heavy atom. The summed E-state index contributed by atoms with van der Waals surface area (Å²) in [6.07, 6.45) is 0.863. The first kappa shape index (κ1) is 16.3. The number of anilines is 1. The number of amides is 2. The Morgan fingerprint density at radius 1 is 1.41 bits per heavy atom. The number of rotatable bonds is 5. The highest BCUT2D eigenvalue weighted by Crippen LogP contribution is 2.33. The predicted molar refractivity (Wildman–Crippen MR) is 85.0 cm³/mol. The number of nitrogens with one attached hydrogen (secondary N) is 2. The Hall–Kier alpha value is -2.08. The van der Waals surface area contributed by atoms with Crippen LogP contribution in [0.4, 0.5) is 5.69 Å². The van der Waals surface area contributed by atoms with Gasteiger partial charge in [0.1, 0.15) is 0 Å². The molecule has 0 saturated carbocycles. The minimum absolute atomic E-state index is 0.219. The summed E-state index contributed by atoms with van der Waals surface area (Å²) < 4.78 is 5.61. The lowest BCUT2D eigenvalue weighted by atomic mass is 9.92. The molecule has 2 rings (SSSR count). The van der Waals surface area contributed by atoms with Crippen molar-refractivity contribution in [1.82, 2.24) is 5.32 Å². The van der Waals surface area contributed by atoms with Crippen LogP contribution in [0.25, 0.3) is 0 Å². The third-order valence-electron chi connectivity index (χ3n) is 4.30. The van der Waals surface area contributed by atoms with Gasteiger partial charge in [-0.05, 0) is 31.9 Å². The van der Waals surface area contributed by atoms with E-state index >= 15 is 0 Å². The molecular weight excluding hydrogens is 282 g/mol. The van der Waals surface area contributed by atoms with Crippen molar-refractivity contribution < 1.29 is 14.3 Å². The van der Waals surface area contributed by atoms with Crippen molar-refractivity contribution >= 4 is 17.5 Å². The second kappa shape index (κ2) is 6.36. The van der Waals surface area contributed by atoms with Crippen LogP contribution in [0, 0.1) is 0 Å². The molecule has 1 aliphatic heterocycles. The van der Waals surface area contributed by atoms with Gasteiger partial charge < -0.3 is 21.1 Å². The molecule has 0 aromatic heterocycles. The first-order valence-electron chi connectivity index (χ1n) is 7.59. The highest BCUT2D eigenvalue weighted by atomic mass is 16.5. The van der Waals surface area contributed by atoms with Crippen molar-refractivity contribution in [2.45, 2.75) is 45.3 Å². The number of carbonyl (C=O) groups is 2. The Morgan fingerprint density at radius 3 is 2.68 bits per heavy atom. The second-order valence-corrected chi connectivity index (χ2v) is 5.58. The molecule has 0 spiro atoms. The van der Waals surface area contributed by atoms with Gasteiger partial charge in [0.05, 0.1) is 16.8 Å². The van der Waals surface area contributed by atoms with Gasteiger partial charge in [0, 0.05) is 6.54 Å². The first-order valence-corrected chi connectivity index (χ1v) is 7.59. The van der Waals surface area contributed by atoms with Gasteiger partial charge in [-0.2, -0.15) is 0 Å². The molecule has 120 valence electrons. The summed E-state index contributed by atoms with van der Waals surface area (Å²) in [6.45, 7) is 6.01. The SMILES string of the molecule is CCC(CC)(CN)NC(=O)c1cccc2c1OC(C)C(=O)N2. The largest absolute Gasteiger partial charge is 0.478 e. The number of nitrogens with two attached hydrogens (primary N) is 1. The van der Waals surface area contributed by atoms with E-state index in [1.54, 1.807) is 25.1 Å². The van der Waals surface area contributed by atoms with Gasteiger partial charge in [-0.3, -0.25) is 9.59 Å². The monoisotopic (exact) mass is 305 g/mol. The van der Waals surface area contributed by atoms with Crippen LogP contribution in [0.15, 0.2) is 18.2 Å². The van der Waals surface area contributed by atoms with Gasteiger partial charge >= 0.3 is 0 Å². The number of hydrogen-bond acceptors (Lipinski definition) is 4. The summed E-state index contributed by atoms with van der Waals surface area (Å²) in [5.74, 6) is -0.0527. The molecular formula is C16H23N3O3. The van der Waals surface area contributed by atoms with E-state index in [-0.39, 0.29) is 11.8 Å². The Balaban J connectivity index is 2.32. The van der Waals surface area contributed by atoms with Gasteiger partial charge in [0.15, 0.2) is 11.9 Å². The molecule has 0 saturated heterocycles. The van der Waals surface area contributed by atoms with Crippen LogP contribution in [-0.4, -0.2) is 30.0 Å². The molecule has 6 heteroatoms. The van der Waals surface area contributed by atoms with Crippen molar-refractivity contribution in [3.05, 3.63) is 23.8 Å². The van der Waals surface area contributed by atoms with Crippen LogP contribution in [-0.2, 0) is 4.79 Å². The fraction of sp³-hybridized carbons (Fsp3) is 0.500. The maximum Gasteiger partial charge on any atom is 0.265 e. The zero-order valence-electron chi connectivity index (χ0n) is 13.2. The number of carbonyl (C=O) groups excluding carboxylic acids is 2. The standard InChI is InChI=1S/C16H23N3O3/c1-4-16(5-2,9-17)19-15(21)11-7-6-8-12-13(11)22-10(3)14(20)18-12/h6-8,10H,4-5,9,17H2,1-3H3,(H,18,20)(H,19,21). The zero-order valence-corrected chi connectivity index (χ0v) is 13.2. The van der Waals surface area contributed by atoms with E-state index in [2.05, 4.69) is 10.6 Å². The van der Waals surface area contributed by atoms with Gasteiger partial charge in [-0.1, -0.05) is 19.9 Å². The molecule has 0 fully saturated rings. The summed E-state index contributed by atoms with van der Waals surface area (Å²) >= 11 is 0. The molecule has 4 N–H and O–H groups in total. The number of fused-ring (bicyclic) bond motifs is 1. The fourth-order valence-electron chi connectivity index (χ4n) is 2.48. The number of benzene rings is 1.